The highest BCUT2D eigenvalue weighted by Crippen LogP contribution is 2.21. The molecule has 98 valence electrons. The number of rotatable bonds is 4. The maximum absolute atomic E-state index is 8.79. The van der Waals surface area contributed by atoms with Crippen LogP contribution in [0.15, 0.2) is 46.5 Å². The first-order valence-electron chi connectivity index (χ1n) is 5.93. The van der Waals surface area contributed by atoms with E-state index in [9.17, 15) is 0 Å². The van der Waals surface area contributed by atoms with Crippen LogP contribution in [0.3, 0.4) is 0 Å². The molecule has 2 aromatic heterocycles. The van der Waals surface area contributed by atoms with Gasteiger partial charge in [0.25, 0.3) is 0 Å². The third-order valence-corrected chi connectivity index (χ3v) is 3.66. The van der Waals surface area contributed by atoms with E-state index in [0.29, 0.717) is 18.0 Å². The normalized spacial score (nSPS) is 10.2. The van der Waals surface area contributed by atoms with Crippen molar-refractivity contribution in [3.8, 4) is 17.5 Å². The molecule has 0 aliphatic carbocycles. The summed E-state index contributed by atoms with van der Waals surface area (Å²) in [6, 6.07) is 11.8. The first-order valence-corrected chi connectivity index (χ1v) is 6.81. The van der Waals surface area contributed by atoms with E-state index >= 15 is 0 Å². The van der Waals surface area contributed by atoms with E-state index < -0.39 is 0 Å². The molecule has 0 unspecified atom stereocenters. The van der Waals surface area contributed by atoms with Crippen LogP contribution in [0.4, 0.5) is 5.69 Å². The average molecular weight is 282 g/mol. The van der Waals surface area contributed by atoms with Gasteiger partial charge in [-0.25, -0.2) is 0 Å². The standard InChI is InChI=1S/C14H10N4OS/c15-6-10-4-13(20-8-10)7-16-12-3-1-2-11(5-12)14-18-17-9-19-14/h1-5,8-9,16H,7H2. The van der Waals surface area contributed by atoms with E-state index in [1.54, 1.807) is 11.3 Å². The topological polar surface area (TPSA) is 74.7 Å². The number of thiophene rings is 1. The van der Waals surface area contributed by atoms with Crippen molar-refractivity contribution in [3.05, 3.63) is 52.5 Å². The van der Waals surface area contributed by atoms with E-state index in [0.717, 1.165) is 16.1 Å². The lowest BCUT2D eigenvalue weighted by Crippen LogP contribution is -1.97. The zero-order valence-corrected chi connectivity index (χ0v) is 11.2. The maximum atomic E-state index is 8.79. The molecule has 0 aliphatic heterocycles. The van der Waals surface area contributed by atoms with Crippen molar-refractivity contribution >= 4 is 17.0 Å². The van der Waals surface area contributed by atoms with Crippen molar-refractivity contribution in [3.63, 3.8) is 0 Å². The molecular weight excluding hydrogens is 272 g/mol. The largest absolute Gasteiger partial charge is 0.423 e. The van der Waals surface area contributed by atoms with Crippen molar-refractivity contribution in [2.75, 3.05) is 5.32 Å². The number of nitrogens with zero attached hydrogens (tertiary/aromatic N) is 3. The number of hydrogen-bond acceptors (Lipinski definition) is 6. The Morgan fingerprint density at radius 3 is 3.05 bits per heavy atom. The Morgan fingerprint density at radius 2 is 2.30 bits per heavy atom. The second-order valence-electron chi connectivity index (χ2n) is 4.09. The quantitative estimate of drug-likeness (QED) is 0.794. The Morgan fingerprint density at radius 1 is 1.35 bits per heavy atom. The van der Waals surface area contributed by atoms with Gasteiger partial charge in [-0.1, -0.05) is 6.07 Å². The monoisotopic (exact) mass is 282 g/mol. The molecule has 0 bridgehead atoms. The minimum Gasteiger partial charge on any atom is -0.423 e. The van der Waals surface area contributed by atoms with Gasteiger partial charge < -0.3 is 9.73 Å². The summed E-state index contributed by atoms with van der Waals surface area (Å²) in [7, 11) is 0. The lowest BCUT2D eigenvalue weighted by Gasteiger charge is -2.05. The summed E-state index contributed by atoms with van der Waals surface area (Å²) in [6.07, 6.45) is 1.31. The summed E-state index contributed by atoms with van der Waals surface area (Å²) in [5.41, 5.74) is 2.54. The van der Waals surface area contributed by atoms with Gasteiger partial charge in [0.15, 0.2) is 0 Å². The van der Waals surface area contributed by atoms with Gasteiger partial charge in [-0.3, -0.25) is 0 Å². The van der Waals surface area contributed by atoms with E-state index in [1.807, 2.05) is 35.7 Å². The lowest BCUT2D eigenvalue weighted by atomic mass is 10.2. The average Bonchev–Trinajstić information content (AvgIpc) is 3.17. The Kier molecular flexibility index (Phi) is 3.44. The SMILES string of the molecule is N#Cc1csc(CNc2cccc(-c3nnco3)c2)c1. The molecule has 20 heavy (non-hydrogen) atoms. The minimum absolute atomic E-state index is 0.497. The summed E-state index contributed by atoms with van der Waals surface area (Å²) in [5, 5.41) is 21.5. The Balaban J connectivity index is 1.72. The zero-order chi connectivity index (χ0) is 13.8. The number of anilines is 1. The molecule has 0 radical (unpaired) electrons. The van der Waals surface area contributed by atoms with Gasteiger partial charge in [0.05, 0.1) is 5.56 Å². The molecule has 0 spiro atoms. The van der Waals surface area contributed by atoms with Crippen LogP contribution in [-0.2, 0) is 6.54 Å². The summed E-state index contributed by atoms with van der Waals surface area (Å²) < 4.78 is 5.17. The molecule has 2 heterocycles. The van der Waals surface area contributed by atoms with Crippen molar-refractivity contribution in [1.29, 1.82) is 5.26 Å². The number of aromatic nitrogens is 2. The summed E-state index contributed by atoms with van der Waals surface area (Å²) in [5.74, 6) is 0.497. The molecule has 1 aromatic carbocycles. The smallest absolute Gasteiger partial charge is 0.247 e. The molecule has 0 amide bonds. The fraction of sp³-hybridized carbons (Fsp3) is 0.0714. The van der Waals surface area contributed by atoms with Crippen molar-refractivity contribution in [2.24, 2.45) is 0 Å². The third kappa shape index (κ3) is 2.68. The van der Waals surface area contributed by atoms with Crippen LogP contribution >= 0.6 is 11.3 Å². The van der Waals surface area contributed by atoms with E-state index in [1.165, 1.54) is 6.39 Å². The number of nitriles is 1. The minimum atomic E-state index is 0.497. The second kappa shape index (κ2) is 5.55. The van der Waals surface area contributed by atoms with Gasteiger partial charge in [-0.15, -0.1) is 21.5 Å². The molecule has 3 aromatic rings. The lowest BCUT2D eigenvalue weighted by molar-refractivity contribution is 0.568. The first-order chi connectivity index (χ1) is 9.85. The second-order valence-corrected chi connectivity index (χ2v) is 5.09. The van der Waals surface area contributed by atoms with Crippen LogP contribution in [0.25, 0.3) is 11.5 Å². The first kappa shape index (κ1) is 12.4. The van der Waals surface area contributed by atoms with Crippen molar-refractivity contribution < 1.29 is 4.42 Å². The van der Waals surface area contributed by atoms with Gasteiger partial charge >= 0.3 is 0 Å². The molecule has 3 rings (SSSR count). The highest BCUT2D eigenvalue weighted by molar-refractivity contribution is 7.10. The Bertz CT molecular complexity index is 743. The van der Waals surface area contributed by atoms with Gasteiger partial charge in [0.2, 0.25) is 12.3 Å². The van der Waals surface area contributed by atoms with Crippen LogP contribution in [0.5, 0.6) is 0 Å². The summed E-state index contributed by atoms with van der Waals surface area (Å²) >= 11 is 1.57. The highest BCUT2D eigenvalue weighted by Gasteiger charge is 2.04. The van der Waals surface area contributed by atoms with Gasteiger partial charge in [0, 0.05) is 28.1 Å². The molecular formula is C14H10N4OS. The molecule has 1 N–H and O–H groups in total. The van der Waals surface area contributed by atoms with Crippen LogP contribution in [-0.4, -0.2) is 10.2 Å². The summed E-state index contributed by atoms with van der Waals surface area (Å²) in [4.78, 5) is 1.12. The van der Waals surface area contributed by atoms with Crippen LogP contribution in [0.2, 0.25) is 0 Å². The fourth-order valence-electron chi connectivity index (χ4n) is 1.78. The van der Waals surface area contributed by atoms with E-state index in [2.05, 4.69) is 21.6 Å². The Hall–Kier alpha value is -2.65. The molecule has 0 fully saturated rings. The predicted octanol–water partition coefficient (Wildman–Crippen LogP) is 3.28. The van der Waals surface area contributed by atoms with Crippen LogP contribution in [0, 0.1) is 11.3 Å². The van der Waals surface area contributed by atoms with Crippen LogP contribution < -0.4 is 5.32 Å². The maximum Gasteiger partial charge on any atom is 0.247 e. The summed E-state index contributed by atoms with van der Waals surface area (Å²) in [6.45, 7) is 0.680. The van der Waals surface area contributed by atoms with Gasteiger partial charge in [0.1, 0.15) is 6.07 Å². The third-order valence-electron chi connectivity index (χ3n) is 2.72. The molecule has 0 aliphatic rings. The van der Waals surface area contributed by atoms with Gasteiger partial charge in [-0.05, 0) is 24.3 Å². The van der Waals surface area contributed by atoms with Crippen molar-refractivity contribution in [1.82, 2.24) is 10.2 Å². The predicted molar refractivity (Wildman–Crippen MR) is 76.1 cm³/mol. The molecule has 5 nitrogen and oxygen atoms in total. The highest BCUT2D eigenvalue weighted by atomic mass is 32.1. The number of hydrogen-bond donors (Lipinski definition) is 1. The van der Waals surface area contributed by atoms with Gasteiger partial charge in [-0.2, -0.15) is 5.26 Å². The van der Waals surface area contributed by atoms with E-state index in [4.69, 9.17) is 9.68 Å². The Labute approximate surface area is 119 Å². The fourth-order valence-corrected chi connectivity index (χ4v) is 2.53. The van der Waals surface area contributed by atoms with E-state index in [-0.39, 0.29) is 0 Å². The molecule has 0 atom stereocenters. The zero-order valence-electron chi connectivity index (χ0n) is 10.4. The number of benzene rings is 1. The number of nitrogens with one attached hydrogen (secondary N) is 1. The molecule has 0 saturated carbocycles. The molecule has 0 saturated heterocycles. The van der Waals surface area contributed by atoms with Crippen LogP contribution in [0.1, 0.15) is 10.4 Å². The molecule has 6 heteroatoms. The van der Waals surface area contributed by atoms with Crippen molar-refractivity contribution in [2.45, 2.75) is 6.54 Å².